The van der Waals surface area contributed by atoms with E-state index in [1.807, 2.05) is 29.2 Å². The molecule has 0 saturated carbocycles. The van der Waals surface area contributed by atoms with Gasteiger partial charge in [-0.25, -0.2) is 4.68 Å². The Balaban J connectivity index is 0.00000176. The van der Waals surface area contributed by atoms with Crippen LogP contribution in [0, 0.1) is 0 Å². The Morgan fingerprint density at radius 3 is 2.77 bits per heavy atom. The van der Waals surface area contributed by atoms with Crippen LogP contribution in [0.3, 0.4) is 0 Å². The van der Waals surface area contributed by atoms with Crippen molar-refractivity contribution in [3.8, 4) is 5.69 Å². The van der Waals surface area contributed by atoms with Crippen LogP contribution < -0.4 is 5.32 Å². The minimum Gasteiger partial charge on any atom is -0.333 e. The van der Waals surface area contributed by atoms with Crippen molar-refractivity contribution in [2.75, 3.05) is 19.6 Å². The van der Waals surface area contributed by atoms with E-state index in [1.54, 1.807) is 17.1 Å². The van der Waals surface area contributed by atoms with Gasteiger partial charge in [0, 0.05) is 36.3 Å². The van der Waals surface area contributed by atoms with Crippen molar-refractivity contribution in [3.05, 3.63) is 46.7 Å². The quantitative estimate of drug-likeness (QED) is 0.864. The van der Waals surface area contributed by atoms with Crippen LogP contribution in [0.1, 0.15) is 17.3 Å². The minimum atomic E-state index is 0. The number of carbonyl (C=O) groups is 1. The molecule has 1 fully saturated rings. The summed E-state index contributed by atoms with van der Waals surface area (Å²) in [5, 5.41) is 7.58. The molecular formula is C15H18BrClN4O. The summed E-state index contributed by atoms with van der Waals surface area (Å²) in [6, 6.07) is 8.04. The van der Waals surface area contributed by atoms with Crippen molar-refractivity contribution in [2.24, 2.45) is 0 Å². The van der Waals surface area contributed by atoms with Crippen molar-refractivity contribution in [2.45, 2.75) is 13.0 Å². The molecule has 1 aromatic carbocycles. The maximum absolute atomic E-state index is 12.5. The van der Waals surface area contributed by atoms with Crippen LogP contribution in [0.5, 0.6) is 0 Å². The van der Waals surface area contributed by atoms with Crippen LogP contribution in [0.4, 0.5) is 0 Å². The topological polar surface area (TPSA) is 50.2 Å². The number of carbonyl (C=O) groups excluding carboxylic acids is 1. The van der Waals surface area contributed by atoms with Crippen LogP contribution in [-0.4, -0.2) is 46.3 Å². The third-order valence-corrected chi connectivity index (χ3v) is 4.21. The smallest absolute Gasteiger partial charge is 0.257 e. The van der Waals surface area contributed by atoms with Crippen LogP contribution >= 0.6 is 28.3 Å². The summed E-state index contributed by atoms with van der Waals surface area (Å²) < 4.78 is 2.75. The summed E-state index contributed by atoms with van der Waals surface area (Å²) in [4.78, 5) is 14.4. The Bertz CT molecular complexity index is 643. The van der Waals surface area contributed by atoms with Gasteiger partial charge in [0.2, 0.25) is 0 Å². The normalized spacial score (nSPS) is 17.9. The Morgan fingerprint density at radius 1 is 1.36 bits per heavy atom. The molecule has 0 radical (unpaired) electrons. The van der Waals surface area contributed by atoms with Gasteiger partial charge in [0.25, 0.3) is 5.91 Å². The van der Waals surface area contributed by atoms with Crippen molar-refractivity contribution < 1.29 is 4.79 Å². The molecule has 1 atom stereocenters. The summed E-state index contributed by atoms with van der Waals surface area (Å²) >= 11 is 3.41. The highest BCUT2D eigenvalue weighted by Gasteiger charge is 2.24. The van der Waals surface area contributed by atoms with Crippen LogP contribution in [-0.2, 0) is 0 Å². The number of rotatable bonds is 2. The van der Waals surface area contributed by atoms with Gasteiger partial charge in [0.05, 0.1) is 17.4 Å². The maximum Gasteiger partial charge on any atom is 0.257 e. The van der Waals surface area contributed by atoms with E-state index < -0.39 is 0 Å². The number of hydrogen-bond acceptors (Lipinski definition) is 3. The van der Waals surface area contributed by atoms with E-state index in [2.05, 4.69) is 33.3 Å². The van der Waals surface area contributed by atoms with Crippen LogP contribution in [0.2, 0.25) is 0 Å². The number of piperazine rings is 1. The first-order chi connectivity index (χ1) is 10.1. The number of nitrogens with one attached hydrogen (secondary N) is 1. The summed E-state index contributed by atoms with van der Waals surface area (Å²) in [5.41, 5.74) is 1.57. The average Bonchev–Trinajstić information content (AvgIpc) is 2.98. The van der Waals surface area contributed by atoms with Crippen molar-refractivity contribution in [3.63, 3.8) is 0 Å². The summed E-state index contributed by atoms with van der Waals surface area (Å²) in [6.07, 6.45) is 3.43. The fourth-order valence-electron chi connectivity index (χ4n) is 2.48. The highest BCUT2D eigenvalue weighted by molar-refractivity contribution is 9.10. The molecule has 0 unspecified atom stereocenters. The molecule has 1 saturated heterocycles. The number of benzene rings is 1. The summed E-state index contributed by atoms with van der Waals surface area (Å²) in [5.74, 6) is 0.0485. The molecule has 3 rings (SSSR count). The second kappa shape index (κ2) is 7.26. The first kappa shape index (κ1) is 17.0. The molecule has 1 amide bonds. The van der Waals surface area contributed by atoms with Gasteiger partial charge in [-0.3, -0.25) is 4.79 Å². The number of amides is 1. The van der Waals surface area contributed by atoms with Crippen LogP contribution in [0.25, 0.3) is 5.69 Å². The van der Waals surface area contributed by atoms with E-state index in [-0.39, 0.29) is 24.4 Å². The van der Waals surface area contributed by atoms with Gasteiger partial charge in [0.15, 0.2) is 0 Å². The van der Waals surface area contributed by atoms with Crippen molar-refractivity contribution >= 4 is 34.2 Å². The van der Waals surface area contributed by atoms with Crippen molar-refractivity contribution in [1.82, 2.24) is 20.0 Å². The standard InChI is InChI=1S/C15H17BrN4O.ClH/c1-11-8-17-6-7-19(11)15(21)12-9-18-20(10-12)14-4-2-13(16)3-5-14;/h2-5,9-11,17H,6-8H2,1H3;1H/t11-;/m0./s1. The Labute approximate surface area is 144 Å². The van der Waals surface area contributed by atoms with Crippen molar-refractivity contribution in [1.29, 1.82) is 0 Å². The second-order valence-corrected chi connectivity index (χ2v) is 6.12. The molecule has 1 aromatic heterocycles. The highest BCUT2D eigenvalue weighted by atomic mass is 79.9. The molecule has 22 heavy (non-hydrogen) atoms. The van der Waals surface area contributed by atoms with E-state index in [0.717, 1.165) is 29.8 Å². The first-order valence-corrected chi connectivity index (χ1v) is 7.77. The molecule has 1 aliphatic heterocycles. The average molecular weight is 386 g/mol. The molecule has 0 spiro atoms. The zero-order valence-corrected chi connectivity index (χ0v) is 14.6. The van der Waals surface area contributed by atoms with E-state index in [0.29, 0.717) is 5.56 Å². The summed E-state index contributed by atoms with van der Waals surface area (Å²) in [7, 11) is 0. The van der Waals surface area contributed by atoms with Gasteiger partial charge in [0.1, 0.15) is 0 Å². The zero-order chi connectivity index (χ0) is 14.8. The third-order valence-electron chi connectivity index (χ3n) is 3.68. The van der Waals surface area contributed by atoms with E-state index >= 15 is 0 Å². The maximum atomic E-state index is 12.5. The van der Waals surface area contributed by atoms with E-state index in [4.69, 9.17) is 0 Å². The van der Waals surface area contributed by atoms with Gasteiger partial charge in [-0.15, -0.1) is 12.4 Å². The lowest BCUT2D eigenvalue weighted by Crippen LogP contribution is -2.52. The number of aromatic nitrogens is 2. The highest BCUT2D eigenvalue weighted by Crippen LogP contribution is 2.15. The molecule has 2 heterocycles. The van der Waals surface area contributed by atoms with Gasteiger partial charge >= 0.3 is 0 Å². The Hall–Kier alpha value is -1.37. The molecule has 0 aliphatic carbocycles. The molecule has 7 heteroatoms. The molecule has 1 aliphatic rings. The molecule has 0 bridgehead atoms. The van der Waals surface area contributed by atoms with Gasteiger partial charge in [-0.2, -0.15) is 5.10 Å². The van der Waals surface area contributed by atoms with Gasteiger partial charge in [-0.05, 0) is 31.2 Å². The first-order valence-electron chi connectivity index (χ1n) is 6.97. The fourth-order valence-corrected chi connectivity index (χ4v) is 2.74. The van der Waals surface area contributed by atoms with E-state index in [1.165, 1.54) is 0 Å². The SMILES string of the molecule is C[C@H]1CNCCN1C(=O)c1cnn(-c2ccc(Br)cc2)c1.Cl. The molecular weight excluding hydrogens is 368 g/mol. The van der Waals surface area contributed by atoms with E-state index in [9.17, 15) is 4.79 Å². The third kappa shape index (κ3) is 3.51. The minimum absolute atomic E-state index is 0. The lowest BCUT2D eigenvalue weighted by atomic mass is 10.2. The largest absolute Gasteiger partial charge is 0.333 e. The lowest BCUT2D eigenvalue weighted by molar-refractivity contribution is 0.0656. The van der Waals surface area contributed by atoms with Gasteiger partial charge < -0.3 is 10.2 Å². The molecule has 118 valence electrons. The number of halogens is 2. The van der Waals surface area contributed by atoms with Gasteiger partial charge in [-0.1, -0.05) is 15.9 Å². The second-order valence-electron chi connectivity index (χ2n) is 5.20. The monoisotopic (exact) mass is 384 g/mol. The molecule has 2 aromatic rings. The lowest BCUT2D eigenvalue weighted by Gasteiger charge is -2.33. The Morgan fingerprint density at radius 2 is 2.09 bits per heavy atom. The molecule has 5 nitrogen and oxygen atoms in total. The Kier molecular flexibility index (Phi) is 5.61. The molecule has 1 N–H and O–H groups in total. The zero-order valence-electron chi connectivity index (χ0n) is 12.2. The predicted octanol–water partition coefficient (Wildman–Crippen LogP) is 2.49. The fraction of sp³-hybridized carbons (Fsp3) is 0.333. The predicted molar refractivity (Wildman–Crippen MR) is 91.9 cm³/mol. The van der Waals surface area contributed by atoms with Crippen LogP contribution in [0.15, 0.2) is 41.1 Å². The number of hydrogen-bond donors (Lipinski definition) is 1. The summed E-state index contributed by atoms with van der Waals surface area (Å²) in [6.45, 7) is 4.48. The number of nitrogens with zero attached hydrogens (tertiary/aromatic N) is 3.